The molecule has 0 atom stereocenters. The van der Waals surface area contributed by atoms with Gasteiger partial charge in [0.1, 0.15) is 21.3 Å². The maximum atomic E-state index is 13.5. The number of anilines is 1. The second-order valence-electron chi connectivity index (χ2n) is 7.41. The lowest BCUT2D eigenvalue weighted by molar-refractivity contribution is 0.103. The van der Waals surface area contributed by atoms with Crippen LogP contribution in [-0.4, -0.2) is 38.2 Å². The average molecular weight is 469 g/mol. The van der Waals surface area contributed by atoms with Gasteiger partial charge >= 0.3 is 0 Å². The van der Waals surface area contributed by atoms with Gasteiger partial charge in [0.05, 0.1) is 12.8 Å². The molecule has 0 saturated heterocycles. The van der Waals surface area contributed by atoms with Gasteiger partial charge in [-0.1, -0.05) is 60.7 Å². The van der Waals surface area contributed by atoms with Crippen LogP contribution in [0.5, 0.6) is 5.75 Å². The van der Waals surface area contributed by atoms with Crippen molar-refractivity contribution in [2.45, 2.75) is 6.92 Å². The van der Waals surface area contributed by atoms with E-state index in [1.807, 2.05) is 60.7 Å². The molecule has 5 aromatic rings. The number of nitrogens with one attached hydrogen (secondary N) is 1. The van der Waals surface area contributed by atoms with Gasteiger partial charge in [-0.15, -0.1) is 16.4 Å². The van der Waals surface area contributed by atoms with Crippen LogP contribution in [0.2, 0.25) is 0 Å². The Balaban J connectivity index is 1.53. The molecular weight excluding hydrogens is 448 g/mol. The highest BCUT2D eigenvalue weighted by Gasteiger charge is 2.21. The first-order valence-electron chi connectivity index (χ1n) is 10.5. The van der Waals surface area contributed by atoms with Crippen molar-refractivity contribution in [3.63, 3.8) is 0 Å². The van der Waals surface area contributed by atoms with Gasteiger partial charge in [-0.05, 0) is 35.5 Å². The number of tetrazole rings is 1. The van der Waals surface area contributed by atoms with Crippen LogP contribution in [0.15, 0.2) is 78.9 Å². The molecule has 0 aliphatic carbocycles. The molecule has 0 unspecified atom stereocenters. The standard InChI is InChI=1S/C25H20N6O2S/c1-16-28-29-30-31(16)20-15-19(13-14-21(20)33-2)26-24(32)23-22(17-9-5-3-6-10-17)27-25(34-23)18-11-7-4-8-12-18/h3-15H,1-2H3,(H,26,32). The summed E-state index contributed by atoms with van der Waals surface area (Å²) >= 11 is 1.36. The first kappa shape index (κ1) is 21.5. The third-order valence-corrected chi connectivity index (χ3v) is 6.29. The lowest BCUT2D eigenvalue weighted by Crippen LogP contribution is -2.12. The number of hydrogen-bond donors (Lipinski definition) is 1. The lowest BCUT2D eigenvalue weighted by atomic mass is 10.1. The summed E-state index contributed by atoms with van der Waals surface area (Å²) in [5.74, 6) is 0.939. The summed E-state index contributed by atoms with van der Waals surface area (Å²) in [6, 6.07) is 24.9. The van der Waals surface area contributed by atoms with E-state index in [2.05, 4.69) is 20.8 Å². The number of aromatic nitrogens is 5. The number of aryl methyl sites for hydroxylation is 1. The molecule has 0 bridgehead atoms. The predicted octanol–water partition coefficient (Wildman–Crippen LogP) is 5.02. The van der Waals surface area contributed by atoms with Crippen molar-refractivity contribution < 1.29 is 9.53 Å². The predicted molar refractivity (Wildman–Crippen MR) is 131 cm³/mol. The molecule has 0 radical (unpaired) electrons. The van der Waals surface area contributed by atoms with Crippen molar-refractivity contribution in [3.8, 4) is 33.3 Å². The molecule has 3 aromatic carbocycles. The fraction of sp³-hybridized carbons (Fsp3) is 0.0800. The highest BCUT2D eigenvalue weighted by molar-refractivity contribution is 7.17. The first-order chi connectivity index (χ1) is 16.6. The zero-order valence-electron chi connectivity index (χ0n) is 18.5. The number of benzene rings is 3. The maximum Gasteiger partial charge on any atom is 0.268 e. The Kier molecular flexibility index (Phi) is 5.84. The first-order valence-corrected chi connectivity index (χ1v) is 11.3. The largest absolute Gasteiger partial charge is 0.494 e. The number of ether oxygens (including phenoxy) is 1. The molecular formula is C25H20N6O2S. The topological polar surface area (TPSA) is 94.8 Å². The van der Waals surface area contributed by atoms with Crippen molar-refractivity contribution in [1.82, 2.24) is 25.2 Å². The van der Waals surface area contributed by atoms with Crippen molar-refractivity contribution in [3.05, 3.63) is 89.6 Å². The second kappa shape index (κ2) is 9.24. The van der Waals surface area contributed by atoms with Gasteiger partial charge in [-0.2, -0.15) is 4.68 Å². The van der Waals surface area contributed by atoms with Gasteiger partial charge < -0.3 is 10.1 Å². The molecule has 2 heterocycles. The smallest absolute Gasteiger partial charge is 0.268 e. The van der Waals surface area contributed by atoms with Gasteiger partial charge in [0.2, 0.25) is 0 Å². The van der Waals surface area contributed by atoms with Crippen LogP contribution in [0.3, 0.4) is 0 Å². The van der Waals surface area contributed by atoms with Crippen LogP contribution in [0, 0.1) is 6.92 Å². The van der Waals surface area contributed by atoms with E-state index < -0.39 is 0 Å². The molecule has 0 saturated carbocycles. The molecule has 168 valence electrons. The van der Waals surface area contributed by atoms with E-state index in [9.17, 15) is 4.79 Å². The lowest BCUT2D eigenvalue weighted by Gasteiger charge is -2.12. The third kappa shape index (κ3) is 4.16. The van der Waals surface area contributed by atoms with Crippen molar-refractivity contribution >= 4 is 22.9 Å². The Labute approximate surface area is 199 Å². The molecule has 1 amide bonds. The zero-order valence-corrected chi connectivity index (χ0v) is 19.3. The van der Waals surface area contributed by atoms with E-state index in [1.165, 1.54) is 11.3 Å². The summed E-state index contributed by atoms with van der Waals surface area (Å²) in [5, 5.41) is 15.4. The summed E-state index contributed by atoms with van der Waals surface area (Å²) in [7, 11) is 1.57. The summed E-state index contributed by atoms with van der Waals surface area (Å²) < 4.78 is 7.02. The minimum atomic E-state index is -0.247. The summed E-state index contributed by atoms with van der Waals surface area (Å²) in [6.07, 6.45) is 0. The molecule has 9 heteroatoms. The third-order valence-electron chi connectivity index (χ3n) is 5.19. The Morgan fingerprint density at radius 2 is 1.68 bits per heavy atom. The van der Waals surface area contributed by atoms with Crippen LogP contribution < -0.4 is 10.1 Å². The van der Waals surface area contributed by atoms with E-state index in [4.69, 9.17) is 9.72 Å². The van der Waals surface area contributed by atoms with Crippen LogP contribution in [0.1, 0.15) is 15.5 Å². The molecule has 0 fully saturated rings. The number of hydrogen-bond acceptors (Lipinski definition) is 7. The summed E-state index contributed by atoms with van der Waals surface area (Å²) in [6.45, 7) is 1.79. The SMILES string of the molecule is COc1ccc(NC(=O)c2sc(-c3ccccc3)nc2-c2ccccc2)cc1-n1nnnc1C. The van der Waals surface area contributed by atoms with Gasteiger partial charge in [-0.3, -0.25) is 4.79 Å². The number of methoxy groups -OCH3 is 1. The molecule has 0 spiro atoms. The molecule has 34 heavy (non-hydrogen) atoms. The van der Waals surface area contributed by atoms with Gasteiger partial charge in [0.25, 0.3) is 5.91 Å². The summed E-state index contributed by atoms with van der Waals surface area (Å²) in [5.41, 5.74) is 3.70. The van der Waals surface area contributed by atoms with Gasteiger partial charge in [0, 0.05) is 16.8 Å². The normalized spacial score (nSPS) is 10.8. The van der Waals surface area contributed by atoms with E-state index in [-0.39, 0.29) is 5.91 Å². The number of thiazole rings is 1. The molecule has 0 aliphatic rings. The maximum absolute atomic E-state index is 13.5. The number of carbonyl (C=O) groups excluding carboxylic acids is 1. The number of nitrogens with zero attached hydrogens (tertiary/aromatic N) is 5. The Morgan fingerprint density at radius 1 is 0.971 bits per heavy atom. The van der Waals surface area contributed by atoms with Crippen molar-refractivity contribution in [2.24, 2.45) is 0 Å². The fourth-order valence-corrected chi connectivity index (χ4v) is 4.53. The van der Waals surface area contributed by atoms with Crippen LogP contribution in [-0.2, 0) is 0 Å². The van der Waals surface area contributed by atoms with Crippen molar-refractivity contribution in [2.75, 3.05) is 12.4 Å². The number of carbonyl (C=O) groups is 1. The van der Waals surface area contributed by atoms with E-state index in [0.717, 1.165) is 16.1 Å². The highest BCUT2D eigenvalue weighted by atomic mass is 32.1. The van der Waals surface area contributed by atoms with Crippen LogP contribution in [0.25, 0.3) is 27.5 Å². The Hall–Kier alpha value is -4.37. The molecule has 8 nitrogen and oxygen atoms in total. The monoisotopic (exact) mass is 468 g/mol. The van der Waals surface area contributed by atoms with E-state index in [1.54, 1.807) is 36.9 Å². The Bertz CT molecular complexity index is 1450. The highest BCUT2D eigenvalue weighted by Crippen LogP contribution is 2.35. The Morgan fingerprint density at radius 3 is 2.32 bits per heavy atom. The van der Waals surface area contributed by atoms with E-state index >= 15 is 0 Å². The zero-order chi connectivity index (χ0) is 23.5. The average Bonchev–Trinajstić information content (AvgIpc) is 3.52. The molecule has 5 rings (SSSR count). The minimum absolute atomic E-state index is 0.247. The second-order valence-corrected chi connectivity index (χ2v) is 8.41. The van der Waals surface area contributed by atoms with Gasteiger partial charge in [0.15, 0.2) is 5.82 Å². The quantitative estimate of drug-likeness (QED) is 0.376. The van der Waals surface area contributed by atoms with Crippen LogP contribution in [0.4, 0.5) is 5.69 Å². The van der Waals surface area contributed by atoms with E-state index in [0.29, 0.717) is 33.5 Å². The minimum Gasteiger partial charge on any atom is -0.494 e. The van der Waals surface area contributed by atoms with Gasteiger partial charge in [-0.25, -0.2) is 4.98 Å². The molecule has 2 aromatic heterocycles. The van der Waals surface area contributed by atoms with Crippen molar-refractivity contribution in [1.29, 1.82) is 0 Å². The number of rotatable bonds is 6. The fourth-order valence-electron chi connectivity index (χ4n) is 3.55. The summed E-state index contributed by atoms with van der Waals surface area (Å²) in [4.78, 5) is 18.8. The molecule has 0 aliphatic heterocycles. The molecule has 1 N–H and O–H groups in total. The van der Waals surface area contributed by atoms with Crippen LogP contribution >= 0.6 is 11.3 Å². The number of amides is 1.